The van der Waals surface area contributed by atoms with Crippen LogP contribution >= 0.6 is 0 Å². The van der Waals surface area contributed by atoms with Crippen molar-refractivity contribution in [1.82, 2.24) is 4.31 Å². The second-order valence-electron chi connectivity index (χ2n) is 3.51. The summed E-state index contributed by atoms with van der Waals surface area (Å²) in [6, 6.07) is -0.266. The number of carbonyl (C=O) groups is 1. The first-order chi connectivity index (χ1) is 6.85. The number of sulfonamides is 1. The second kappa shape index (κ2) is 6.07. The summed E-state index contributed by atoms with van der Waals surface area (Å²) in [7, 11) is -3.43. The molecule has 1 N–H and O–H groups in total. The van der Waals surface area contributed by atoms with Crippen LogP contribution in [0.3, 0.4) is 0 Å². The zero-order chi connectivity index (χ0) is 12.1. The first-order valence-corrected chi connectivity index (χ1v) is 6.67. The van der Waals surface area contributed by atoms with E-state index in [1.807, 2.05) is 6.92 Å². The Morgan fingerprint density at radius 3 is 2.27 bits per heavy atom. The summed E-state index contributed by atoms with van der Waals surface area (Å²) < 4.78 is 24.5. The van der Waals surface area contributed by atoms with E-state index in [0.717, 1.165) is 4.31 Å². The monoisotopic (exact) mass is 237 g/mol. The smallest absolute Gasteiger partial charge is 0.318 e. The molecular weight excluding hydrogens is 218 g/mol. The maximum atomic E-state index is 11.7. The fourth-order valence-corrected chi connectivity index (χ4v) is 3.00. The van der Waals surface area contributed by atoms with Gasteiger partial charge in [0.15, 0.2) is 0 Å². The quantitative estimate of drug-likeness (QED) is 0.714. The summed E-state index contributed by atoms with van der Waals surface area (Å²) in [6.45, 7) is 4.86. The molecule has 6 heteroatoms. The number of hydrogen-bond acceptors (Lipinski definition) is 3. The fourth-order valence-electron chi connectivity index (χ4n) is 1.24. The molecule has 0 spiro atoms. The third-order valence-corrected chi connectivity index (χ3v) is 4.32. The molecule has 0 aliphatic rings. The summed E-state index contributed by atoms with van der Waals surface area (Å²) in [6.07, 6.45) is 1.10. The molecule has 15 heavy (non-hydrogen) atoms. The molecule has 1 unspecified atom stereocenters. The molecule has 0 rings (SSSR count). The fraction of sp³-hybridized carbons (Fsp3) is 0.889. The standard InChI is InChI=1S/C9H19NO4S/c1-4-6-15(13,14)10(7-9(11)12)8(3)5-2/h8H,4-7H2,1-3H3,(H,11,12). The van der Waals surface area contributed by atoms with Crippen LogP contribution in [0.15, 0.2) is 0 Å². The lowest BCUT2D eigenvalue weighted by Crippen LogP contribution is -2.42. The first-order valence-electron chi connectivity index (χ1n) is 5.06. The summed E-state index contributed by atoms with van der Waals surface area (Å²) >= 11 is 0. The van der Waals surface area contributed by atoms with Crippen LogP contribution in [-0.4, -0.2) is 42.1 Å². The lowest BCUT2D eigenvalue weighted by Gasteiger charge is -2.25. The van der Waals surface area contributed by atoms with E-state index in [9.17, 15) is 13.2 Å². The van der Waals surface area contributed by atoms with Crippen LogP contribution in [0.25, 0.3) is 0 Å². The number of hydrogen-bond donors (Lipinski definition) is 1. The van der Waals surface area contributed by atoms with Crippen LogP contribution in [0.1, 0.15) is 33.6 Å². The van der Waals surface area contributed by atoms with Gasteiger partial charge in [0.2, 0.25) is 10.0 Å². The minimum atomic E-state index is -3.43. The molecule has 0 saturated carbocycles. The number of rotatable bonds is 7. The first kappa shape index (κ1) is 14.4. The van der Waals surface area contributed by atoms with E-state index >= 15 is 0 Å². The van der Waals surface area contributed by atoms with Crippen LogP contribution in [-0.2, 0) is 14.8 Å². The van der Waals surface area contributed by atoms with Crippen LogP contribution in [0.2, 0.25) is 0 Å². The zero-order valence-corrected chi connectivity index (χ0v) is 10.2. The molecule has 0 amide bonds. The zero-order valence-electron chi connectivity index (χ0n) is 9.43. The molecule has 0 radical (unpaired) electrons. The maximum absolute atomic E-state index is 11.7. The summed E-state index contributed by atoms with van der Waals surface area (Å²) in [5.41, 5.74) is 0. The highest BCUT2D eigenvalue weighted by molar-refractivity contribution is 7.89. The molecule has 0 aromatic carbocycles. The number of aliphatic carboxylic acids is 1. The Morgan fingerprint density at radius 2 is 1.93 bits per heavy atom. The van der Waals surface area contributed by atoms with Crippen LogP contribution in [0.4, 0.5) is 0 Å². The Balaban J connectivity index is 4.84. The molecule has 0 aromatic heterocycles. The van der Waals surface area contributed by atoms with E-state index in [-0.39, 0.29) is 11.8 Å². The van der Waals surface area contributed by atoms with Crippen molar-refractivity contribution >= 4 is 16.0 Å². The van der Waals surface area contributed by atoms with Gasteiger partial charge in [0.1, 0.15) is 6.54 Å². The number of carboxylic acids is 1. The van der Waals surface area contributed by atoms with Gasteiger partial charge in [0.05, 0.1) is 5.75 Å². The third kappa shape index (κ3) is 4.61. The lowest BCUT2D eigenvalue weighted by atomic mass is 10.2. The van der Waals surface area contributed by atoms with Crippen molar-refractivity contribution in [2.45, 2.75) is 39.7 Å². The van der Waals surface area contributed by atoms with E-state index in [1.54, 1.807) is 13.8 Å². The average Bonchev–Trinajstić information content (AvgIpc) is 2.12. The Labute approximate surface area is 91.1 Å². The highest BCUT2D eigenvalue weighted by Gasteiger charge is 2.27. The van der Waals surface area contributed by atoms with Gasteiger partial charge >= 0.3 is 5.97 Å². The van der Waals surface area contributed by atoms with Gasteiger partial charge in [-0.2, -0.15) is 4.31 Å². The Bertz CT molecular complexity index is 299. The lowest BCUT2D eigenvalue weighted by molar-refractivity contribution is -0.137. The van der Waals surface area contributed by atoms with Gasteiger partial charge in [-0.3, -0.25) is 4.79 Å². The molecule has 1 atom stereocenters. The molecule has 0 aliphatic carbocycles. The van der Waals surface area contributed by atoms with Gasteiger partial charge in [-0.1, -0.05) is 13.8 Å². The van der Waals surface area contributed by atoms with Gasteiger partial charge in [0, 0.05) is 6.04 Å². The van der Waals surface area contributed by atoms with Crippen molar-refractivity contribution in [3.63, 3.8) is 0 Å². The SMILES string of the molecule is CCCS(=O)(=O)N(CC(=O)O)C(C)CC. The summed E-state index contributed by atoms with van der Waals surface area (Å²) in [4.78, 5) is 10.6. The summed E-state index contributed by atoms with van der Waals surface area (Å²) in [5, 5.41) is 8.65. The predicted molar refractivity (Wildman–Crippen MR) is 58.2 cm³/mol. The highest BCUT2D eigenvalue weighted by atomic mass is 32.2. The van der Waals surface area contributed by atoms with Gasteiger partial charge in [-0.05, 0) is 19.8 Å². The van der Waals surface area contributed by atoms with Crippen LogP contribution < -0.4 is 0 Å². The molecule has 90 valence electrons. The second-order valence-corrected chi connectivity index (χ2v) is 5.55. The molecule has 0 saturated heterocycles. The van der Waals surface area contributed by atoms with Gasteiger partial charge in [-0.15, -0.1) is 0 Å². The van der Waals surface area contributed by atoms with Gasteiger partial charge in [0.25, 0.3) is 0 Å². The van der Waals surface area contributed by atoms with Gasteiger partial charge in [-0.25, -0.2) is 8.42 Å². The minimum Gasteiger partial charge on any atom is -0.480 e. The number of carboxylic acid groups (broad SMARTS) is 1. The van der Waals surface area contributed by atoms with Crippen molar-refractivity contribution < 1.29 is 18.3 Å². The molecular formula is C9H19NO4S. The van der Waals surface area contributed by atoms with E-state index in [4.69, 9.17) is 5.11 Å². The van der Waals surface area contributed by atoms with Crippen LogP contribution in [0.5, 0.6) is 0 Å². The largest absolute Gasteiger partial charge is 0.480 e. The maximum Gasteiger partial charge on any atom is 0.318 e. The Hall–Kier alpha value is -0.620. The summed E-state index contributed by atoms with van der Waals surface area (Å²) in [5.74, 6) is -1.11. The van der Waals surface area contributed by atoms with Crippen molar-refractivity contribution in [3.05, 3.63) is 0 Å². The molecule has 0 aromatic rings. The molecule has 0 bridgehead atoms. The molecule has 0 aliphatic heterocycles. The van der Waals surface area contributed by atoms with Gasteiger partial charge < -0.3 is 5.11 Å². The van der Waals surface area contributed by atoms with Crippen molar-refractivity contribution in [3.8, 4) is 0 Å². The van der Waals surface area contributed by atoms with E-state index in [0.29, 0.717) is 12.8 Å². The number of nitrogens with zero attached hydrogens (tertiary/aromatic N) is 1. The topological polar surface area (TPSA) is 74.7 Å². The third-order valence-electron chi connectivity index (χ3n) is 2.19. The normalized spacial score (nSPS) is 14.1. The van der Waals surface area contributed by atoms with Crippen molar-refractivity contribution in [1.29, 1.82) is 0 Å². The highest BCUT2D eigenvalue weighted by Crippen LogP contribution is 2.11. The Kier molecular flexibility index (Phi) is 5.82. The van der Waals surface area contributed by atoms with Crippen molar-refractivity contribution in [2.75, 3.05) is 12.3 Å². The van der Waals surface area contributed by atoms with Crippen LogP contribution in [0, 0.1) is 0 Å². The average molecular weight is 237 g/mol. The molecule has 0 heterocycles. The van der Waals surface area contributed by atoms with Crippen molar-refractivity contribution in [2.24, 2.45) is 0 Å². The minimum absolute atomic E-state index is 0.00458. The van der Waals surface area contributed by atoms with E-state index in [2.05, 4.69) is 0 Å². The van der Waals surface area contributed by atoms with E-state index in [1.165, 1.54) is 0 Å². The predicted octanol–water partition coefficient (Wildman–Crippen LogP) is 0.911. The Morgan fingerprint density at radius 1 is 1.40 bits per heavy atom. The molecule has 0 fully saturated rings. The van der Waals surface area contributed by atoms with E-state index < -0.39 is 22.5 Å². The molecule has 5 nitrogen and oxygen atoms in total.